The lowest BCUT2D eigenvalue weighted by Gasteiger charge is -2.34. The van der Waals surface area contributed by atoms with Gasteiger partial charge in [0.1, 0.15) is 0 Å². The molecule has 34 heavy (non-hydrogen) atoms. The van der Waals surface area contributed by atoms with Crippen molar-refractivity contribution in [2.45, 2.75) is 39.9 Å². The van der Waals surface area contributed by atoms with Crippen LogP contribution in [-0.4, -0.2) is 99.4 Å². The summed E-state index contributed by atoms with van der Waals surface area (Å²) < 4.78 is 11.6. The van der Waals surface area contributed by atoms with Gasteiger partial charge >= 0.3 is 0 Å². The molecule has 2 fully saturated rings. The summed E-state index contributed by atoms with van der Waals surface area (Å²) in [6, 6.07) is 6.77. The molecule has 0 aliphatic carbocycles. The molecule has 8 heteroatoms. The zero-order valence-corrected chi connectivity index (χ0v) is 21.2. The van der Waals surface area contributed by atoms with Crippen molar-refractivity contribution in [3.05, 3.63) is 35.4 Å². The average Bonchev–Trinajstić information content (AvgIpc) is 2.81. The van der Waals surface area contributed by atoms with Gasteiger partial charge in [0.25, 0.3) is 11.8 Å². The molecular formula is C26H42N4O4. The molecule has 0 unspecified atom stereocenters. The van der Waals surface area contributed by atoms with Crippen LogP contribution in [0.4, 0.5) is 0 Å². The van der Waals surface area contributed by atoms with Crippen molar-refractivity contribution >= 4 is 11.8 Å². The quantitative estimate of drug-likeness (QED) is 0.539. The largest absolute Gasteiger partial charge is 0.374 e. The summed E-state index contributed by atoms with van der Waals surface area (Å²) in [7, 11) is 0. The molecule has 1 aromatic carbocycles. The number of ether oxygens (including phenoxy) is 2. The number of carbonyl (C=O) groups is 2. The Kier molecular flexibility index (Phi) is 10.3. The third-order valence-corrected chi connectivity index (χ3v) is 6.08. The van der Waals surface area contributed by atoms with Gasteiger partial charge in [-0.25, -0.2) is 0 Å². The second kappa shape index (κ2) is 13.2. The van der Waals surface area contributed by atoms with Crippen LogP contribution >= 0.6 is 0 Å². The first-order valence-corrected chi connectivity index (χ1v) is 12.6. The molecule has 3 rings (SSSR count). The van der Waals surface area contributed by atoms with Crippen LogP contribution in [0.15, 0.2) is 24.3 Å². The highest BCUT2D eigenvalue weighted by atomic mass is 16.5. The van der Waals surface area contributed by atoms with Crippen molar-refractivity contribution in [1.82, 2.24) is 20.4 Å². The van der Waals surface area contributed by atoms with Gasteiger partial charge in [0.15, 0.2) is 0 Å². The van der Waals surface area contributed by atoms with Crippen LogP contribution in [0.3, 0.4) is 0 Å². The van der Waals surface area contributed by atoms with Gasteiger partial charge in [-0.3, -0.25) is 19.4 Å². The molecule has 8 nitrogen and oxygen atoms in total. The molecule has 0 saturated carbocycles. The lowest BCUT2D eigenvalue weighted by Crippen LogP contribution is -2.48. The highest BCUT2D eigenvalue weighted by molar-refractivity contribution is 5.97. The normalized spacial score (nSPS) is 22.2. The van der Waals surface area contributed by atoms with Gasteiger partial charge in [0.05, 0.1) is 25.4 Å². The van der Waals surface area contributed by atoms with Crippen LogP contribution in [0.25, 0.3) is 0 Å². The van der Waals surface area contributed by atoms with Gasteiger partial charge in [-0.1, -0.05) is 27.7 Å². The minimum Gasteiger partial charge on any atom is -0.374 e. The highest BCUT2D eigenvalue weighted by Crippen LogP contribution is 2.10. The second-order valence-electron chi connectivity index (χ2n) is 10.3. The Morgan fingerprint density at radius 3 is 1.53 bits per heavy atom. The van der Waals surface area contributed by atoms with E-state index in [4.69, 9.17) is 9.47 Å². The molecule has 2 aliphatic rings. The number of morpholine rings is 2. The predicted octanol–water partition coefficient (Wildman–Crippen LogP) is 1.86. The summed E-state index contributed by atoms with van der Waals surface area (Å²) in [5.41, 5.74) is 1.07. The Morgan fingerprint density at radius 2 is 1.18 bits per heavy atom. The molecule has 0 bridgehead atoms. The minimum absolute atomic E-state index is 0.0000283. The van der Waals surface area contributed by atoms with Gasteiger partial charge < -0.3 is 20.1 Å². The van der Waals surface area contributed by atoms with Gasteiger partial charge in [-0.05, 0) is 36.1 Å². The summed E-state index contributed by atoms with van der Waals surface area (Å²) in [6.45, 7) is 16.8. The van der Waals surface area contributed by atoms with Crippen LogP contribution in [-0.2, 0) is 9.47 Å². The first kappa shape index (κ1) is 26.6. The van der Waals surface area contributed by atoms with Gasteiger partial charge in [0.2, 0.25) is 0 Å². The molecule has 0 spiro atoms. The number of nitrogens with one attached hydrogen (secondary N) is 2. The van der Waals surface area contributed by atoms with Crippen molar-refractivity contribution in [3.8, 4) is 0 Å². The van der Waals surface area contributed by atoms with E-state index in [1.807, 2.05) is 0 Å². The molecule has 0 radical (unpaired) electrons. The van der Waals surface area contributed by atoms with E-state index in [2.05, 4.69) is 48.1 Å². The van der Waals surface area contributed by atoms with Crippen molar-refractivity contribution in [1.29, 1.82) is 0 Å². The molecular weight excluding hydrogens is 432 g/mol. The molecule has 2 saturated heterocycles. The zero-order valence-electron chi connectivity index (χ0n) is 21.2. The van der Waals surface area contributed by atoms with Crippen molar-refractivity contribution < 1.29 is 19.1 Å². The maximum atomic E-state index is 12.6. The minimum atomic E-state index is -0.155. The zero-order chi connectivity index (χ0) is 24.5. The number of hydrogen-bond donors (Lipinski definition) is 2. The van der Waals surface area contributed by atoms with E-state index in [-0.39, 0.29) is 24.0 Å². The molecule has 0 aromatic heterocycles. The Morgan fingerprint density at radius 1 is 0.794 bits per heavy atom. The second-order valence-corrected chi connectivity index (χ2v) is 10.3. The lowest BCUT2D eigenvalue weighted by atomic mass is 10.1. The number of carbonyl (C=O) groups excluding carboxylic acids is 2. The van der Waals surface area contributed by atoms with Crippen LogP contribution in [0.1, 0.15) is 48.4 Å². The fourth-order valence-corrected chi connectivity index (χ4v) is 4.56. The Balaban J connectivity index is 1.41. The molecule has 2 atom stereocenters. The molecule has 2 N–H and O–H groups in total. The number of amides is 2. The van der Waals surface area contributed by atoms with Crippen molar-refractivity contribution in [2.75, 3.05) is 65.6 Å². The smallest absolute Gasteiger partial charge is 0.251 e. The fraction of sp³-hybridized carbons (Fsp3) is 0.692. The Labute approximate surface area is 204 Å². The first-order valence-electron chi connectivity index (χ1n) is 12.6. The maximum absolute atomic E-state index is 12.6. The molecule has 2 aliphatic heterocycles. The highest BCUT2D eigenvalue weighted by Gasteiger charge is 2.23. The van der Waals surface area contributed by atoms with Gasteiger partial charge in [0, 0.05) is 63.5 Å². The monoisotopic (exact) mass is 474 g/mol. The van der Waals surface area contributed by atoms with Gasteiger partial charge in [-0.15, -0.1) is 0 Å². The lowest BCUT2D eigenvalue weighted by molar-refractivity contribution is -0.0296. The number of benzene rings is 1. The van der Waals surface area contributed by atoms with Crippen molar-refractivity contribution in [3.63, 3.8) is 0 Å². The first-order chi connectivity index (χ1) is 16.3. The van der Waals surface area contributed by atoms with Crippen LogP contribution < -0.4 is 10.6 Å². The molecule has 190 valence electrons. The van der Waals surface area contributed by atoms with E-state index < -0.39 is 0 Å². The van der Waals surface area contributed by atoms with E-state index in [0.717, 1.165) is 39.3 Å². The number of nitrogens with zero attached hydrogens (tertiary/aromatic N) is 2. The summed E-state index contributed by atoms with van der Waals surface area (Å²) >= 11 is 0. The van der Waals surface area contributed by atoms with Crippen LogP contribution in [0.2, 0.25) is 0 Å². The number of rotatable bonds is 10. The van der Waals surface area contributed by atoms with E-state index in [0.29, 0.717) is 49.3 Å². The maximum Gasteiger partial charge on any atom is 0.251 e. The molecule has 2 amide bonds. The van der Waals surface area contributed by atoms with Gasteiger partial charge in [-0.2, -0.15) is 0 Å². The molecule has 1 aromatic rings. The van der Waals surface area contributed by atoms with Crippen LogP contribution in [0, 0.1) is 11.8 Å². The van der Waals surface area contributed by atoms with E-state index in [1.165, 1.54) is 0 Å². The van der Waals surface area contributed by atoms with E-state index in [9.17, 15) is 9.59 Å². The van der Waals surface area contributed by atoms with Crippen molar-refractivity contribution in [2.24, 2.45) is 11.8 Å². The number of hydrogen-bond acceptors (Lipinski definition) is 6. The Hall–Kier alpha value is -2.00. The third-order valence-electron chi connectivity index (χ3n) is 6.08. The summed E-state index contributed by atoms with van der Waals surface area (Å²) in [6.07, 6.45) is -0.0000566. The summed E-state index contributed by atoms with van der Waals surface area (Å²) in [4.78, 5) is 29.9. The molecule has 2 heterocycles. The SMILES string of the molecule is CC(C)CN1CCO[C@H](CNC(=O)c2ccc(C(=O)NC[C@@H]3CN(CC(C)C)CCO3)cc2)C1. The average molecular weight is 475 g/mol. The predicted molar refractivity (Wildman–Crippen MR) is 133 cm³/mol. The summed E-state index contributed by atoms with van der Waals surface area (Å²) in [5, 5.41) is 5.93. The van der Waals surface area contributed by atoms with E-state index in [1.54, 1.807) is 24.3 Å². The standard InChI is InChI=1S/C26H42N4O4/c1-19(2)15-29-9-11-33-23(17-29)13-27-25(31)21-5-7-22(8-6-21)26(32)28-14-24-18-30(10-12-34-24)16-20(3)4/h5-8,19-20,23-24H,9-18H2,1-4H3,(H,27,31)(H,28,32)/t23-,24-/m1/s1. The summed E-state index contributed by atoms with van der Waals surface area (Å²) in [5.74, 6) is 0.910. The fourth-order valence-electron chi connectivity index (χ4n) is 4.56. The topological polar surface area (TPSA) is 83.1 Å². The Bertz CT molecular complexity index is 719. The third kappa shape index (κ3) is 8.65. The van der Waals surface area contributed by atoms with E-state index >= 15 is 0 Å². The van der Waals surface area contributed by atoms with Crippen LogP contribution in [0.5, 0.6) is 0 Å².